The van der Waals surface area contributed by atoms with Gasteiger partial charge in [0.1, 0.15) is 0 Å². The molecule has 1 atom stereocenters. The molecule has 0 aliphatic rings. The van der Waals surface area contributed by atoms with Crippen molar-refractivity contribution in [2.45, 2.75) is 39.2 Å². The molecule has 0 bridgehead atoms. The highest BCUT2D eigenvalue weighted by Gasteiger charge is 2.12. The van der Waals surface area contributed by atoms with Crippen LogP contribution in [0.2, 0.25) is 0 Å². The molecule has 3 N–H and O–H groups in total. The first-order valence-corrected chi connectivity index (χ1v) is 5.76. The van der Waals surface area contributed by atoms with Gasteiger partial charge in [0.15, 0.2) is 0 Å². The van der Waals surface area contributed by atoms with Crippen LogP contribution in [0.3, 0.4) is 0 Å². The molecular formula is C13H20N2O. The highest BCUT2D eigenvalue weighted by molar-refractivity contribution is 5.94. The average Bonchev–Trinajstić information content (AvgIpc) is 2.25. The number of nitrogens with two attached hydrogens (primary N) is 1. The molecular weight excluding hydrogens is 200 g/mol. The third kappa shape index (κ3) is 4.03. The molecule has 1 amide bonds. The molecule has 0 saturated heterocycles. The Balaban J connectivity index is 2.50. The van der Waals surface area contributed by atoms with Crippen molar-refractivity contribution in [3.63, 3.8) is 0 Å². The Morgan fingerprint density at radius 1 is 1.50 bits per heavy atom. The van der Waals surface area contributed by atoms with E-state index in [0.29, 0.717) is 0 Å². The van der Waals surface area contributed by atoms with Crippen molar-refractivity contribution < 1.29 is 4.79 Å². The lowest BCUT2D eigenvalue weighted by Crippen LogP contribution is -2.35. The molecule has 3 nitrogen and oxygen atoms in total. The molecule has 16 heavy (non-hydrogen) atoms. The Hall–Kier alpha value is -1.35. The van der Waals surface area contributed by atoms with Crippen LogP contribution in [0.25, 0.3) is 0 Å². The SMILES string of the molecule is CCCC[C@H](N)C(=O)Nc1cccc(C)c1. The second-order valence-corrected chi connectivity index (χ2v) is 4.11. The summed E-state index contributed by atoms with van der Waals surface area (Å²) in [6, 6.07) is 7.32. The molecule has 88 valence electrons. The predicted octanol–water partition coefficient (Wildman–Crippen LogP) is 2.45. The third-order valence-electron chi connectivity index (χ3n) is 2.49. The molecule has 0 fully saturated rings. The topological polar surface area (TPSA) is 55.1 Å². The summed E-state index contributed by atoms with van der Waals surface area (Å²) in [7, 11) is 0. The highest BCUT2D eigenvalue weighted by Crippen LogP contribution is 2.10. The number of carbonyl (C=O) groups is 1. The molecule has 0 aromatic heterocycles. The van der Waals surface area contributed by atoms with E-state index in [1.165, 1.54) is 0 Å². The first-order valence-electron chi connectivity index (χ1n) is 5.76. The van der Waals surface area contributed by atoms with Gasteiger partial charge in [-0.05, 0) is 31.0 Å². The smallest absolute Gasteiger partial charge is 0.241 e. The van der Waals surface area contributed by atoms with Crippen molar-refractivity contribution >= 4 is 11.6 Å². The zero-order chi connectivity index (χ0) is 12.0. The van der Waals surface area contributed by atoms with Crippen LogP contribution in [0.4, 0.5) is 5.69 Å². The van der Waals surface area contributed by atoms with E-state index in [-0.39, 0.29) is 5.91 Å². The second-order valence-electron chi connectivity index (χ2n) is 4.11. The molecule has 0 aliphatic carbocycles. The third-order valence-corrected chi connectivity index (χ3v) is 2.49. The van der Waals surface area contributed by atoms with E-state index < -0.39 is 6.04 Å². The summed E-state index contributed by atoms with van der Waals surface area (Å²) in [6.07, 6.45) is 2.79. The largest absolute Gasteiger partial charge is 0.325 e. The van der Waals surface area contributed by atoms with Gasteiger partial charge in [0, 0.05) is 5.69 Å². The molecule has 0 spiro atoms. The van der Waals surface area contributed by atoms with Crippen molar-refractivity contribution in [1.82, 2.24) is 0 Å². The number of hydrogen-bond acceptors (Lipinski definition) is 2. The van der Waals surface area contributed by atoms with Gasteiger partial charge in [0.2, 0.25) is 5.91 Å². The number of nitrogens with one attached hydrogen (secondary N) is 1. The lowest BCUT2D eigenvalue weighted by Gasteiger charge is -2.11. The van der Waals surface area contributed by atoms with Gasteiger partial charge < -0.3 is 11.1 Å². The van der Waals surface area contributed by atoms with E-state index in [4.69, 9.17) is 5.73 Å². The fraction of sp³-hybridized carbons (Fsp3) is 0.462. The summed E-state index contributed by atoms with van der Waals surface area (Å²) in [6.45, 7) is 4.08. The zero-order valence-corrected chi connectivity index (χ0v) is 9.99. The molecule has 0 unspecified atom stereocenters. The summed E-state index contributed by atoms with van der Waals surface area (Å²) in [5.41, 5.74) is 7.72. The van der Waals surface area contributed by atoms with Gasteiger partial charge in [-0.1, -0.05) is 31.9 Å². The van der Waals surface area contributed by atoms with E-state index in [0.717, 1.165) is 30.5 Å². The Bertz CT molecular complexity index is 350. The van der Waals surface area contributed by atoms with Crippen LogP contribution in [-0.4, -0.2) is 11.9 Å². The van der Waals surface area contributed by atoms with Crippen molar-refractivity contribution in [1.29, 1.82) is 0 Å². The van der Waals surface area contributed by atoms with E-state index in [1.54, 1.807) is 0 Å². The van der Waals surface area contributed by atoms with Crippen LogP contribution in [-0.2, 0) is 4.79 Å². The van der Waals surface area contributed by atoms with Crippen LogP contribution in [0.15, 0.2) is 24.3 Å². The van der Waals surface area contributed by atoms with Crippen molar-refractivity contribution in [3.05, 3.63) is 29.8 Å². The minimum absolute atomic E-state index is 0.0981. The van der Waals surface area contributed by atoms with Crippen LogP contribution < -0.4 is 11.1 Å². The molecule has 1 aromatic carbocycles. The number of aryl methyl sites for hydroxylation is 1. The fourth-order valence-corrected chi connectivity index (χ4v) is 1.51. The first kappa shape index (κ1) is 12.7. The number of rotatable bonds is 5. The quantitative estimate of drug-likeness (QED) is 0.800. The van der Waals surface area contributed by atoms with E-state index in [2.05, 4.69) is 12.2 Å². The average molecular weight is 220 g/mol. The van der Waals surface area contributed by atoms with Crippen molar-refractivity contribution in [2.24, 2.45) is 5.73 Å². The van der Waals surface area contributed by atoms with Gasteiger partial charge in [-0.3, -0.25) is 4.79 Å². The van der Waals surface area contributed by atoms with Crippen LogP contribution in [0.1, 0.15) is 31.7 Å². The number of benzene rings is 1. The Labute approximate surface area is 97.0 Å². The summed E-state index contributed by atoms with van der Waals surface area (Å²) >= 11 is 0. The van der Waals surface area contributed by atoms with Crippen molar-refractivity contribution in [2.75, 3.05) is 5.32 Å². The maximum atomic E-state index is 11.7. The van der Waals surface area contributed by atoms with E-state index in [9.17, 15) is 4.79 Å². The molecule has 3 heteroatoms. The molecule has 0 aliphatic heterocycles. The van der Waals surface area contributed by atoms with Crippen LogP contribution in [0.5, 0.6) is 0 Å². The lowest BCUT2D eigenvalue weighted by atomic mass is 10.1. The summed E-state index contributed by atoms with van der Waals surface area (Å²) < 4.78 is 0. The maximum Gasteiger partial charge on any atom is 0.241 e. The zero-order valence-electron chi connectivity index (χ0n) is 9.99. The van der Waals surface area contributed by atoms with Crippen molar-refractivity contribution in [3.8, 4) is 0 Å². The van der Waals surface area contributed by atoms with Gasteiger partial charge >= 0.3 is 0 Å². The second kappa shape index (κ2) is 6.28. The Morgan fingerprint density at radius 3 is 2.88 bits per heavy atom. The normalized spacial score (nSPS) is 12.2. The number of unbranched alkanes of at least 4 members (excludes halogenated alkanes) is 1. The molecule has 0 saturated carbocycles. The number of anilines is 1. The number of carbonyl (C=O) groups excluding carboxylic acids is 1. The minimum Gasteiger partial charge on any atom is -0.325 e. The monoisotopic (exact) mass is 220 g/mol. The minimum atomic E-state index is -0.402. The highest BCUT2D eigenvalue weighted by atomic mass is 16.2. The lowest BCUT2D eigenvalue weighted by molar-refractivity contribution is -0.117. The van der Waals surface area contributed by atoms with Crippen LogP contribution in [0, 0.1) is 6.92 Å². The van der Waals surface area contributed by atoms with Crippen LogP contribution >= 0.6 is 0 Å². The maximum absolute atomic E-state index is 11.7. The first-order chi connectivity index (χ1) is 7.63. The summed E-state index contributed by atoms with van der Waals surface area (Å²) in [4.78, 5) is 11.7. The fourth-order valence-electron chi connectivity index (χ4n) is 1.51. The van der Waals surface area contributed by atoms with Gasteiger partial charge in [-0.15, -0.1) is 0 Å². The standard InChI is InChI=1S/C13H20N2O/c1-3-4-8-12(14)13(16)15-11-7-5-6-10(2)9-11/h5-7,9,12H,3-4,8,14H2,1-2H3,(H,15,16)/t12-/m0/s1. The summed E-state index contributed by atoms with van der Waals surface area (Å²) in [5.74, 6) is -0.0981. The van der Waals surface area contributed by atoms with E-state index in [1.807, 2.05) is 31.2 Å². The Morgan fingerprint density at radius 2 is 2.25 bits per heavy atom. The van der Waals surface area contributed by atoms with Gasteiger partial charge in [-0.25, -0.2) is 0 Å². The molecule has 0 radical (unpaired) electrons. The van der Waals surface area contributed by atoms with Gasteiger partial charge in [0.05, 0.1) is 6.04 Å². The van der Waals surface area contributed by atoms with Gasteiger partial charge in [-0.2, -0.15) is 0 Å². The number of hydrogen-bond donors (Lipinski definition) is 2. The summed E-state index contributed by atoms with van der Waals surface area (Å²) in [5, 5.41) is 2.83. The molecule has 1 rings (SSSR count). The Kier molecular flexibility index (Phi) is 4.99. The van der Waals surface area contributed by atoms with E-state index >= 15 is 0 Å². The number of amides is 1. The molecule has 0 heterocycles. The molecule has 1 aromatic rings. The predicted molar refractivity (Wildman–Crippen MR) is 67.3 cm³/mol. The van der Waals surface area contributed by atoms with Gasteiger partial charge in [0.25, 0.3) is 0 Å².